The maximum absolute atomic E-state index is 13.0. The topological polar surface area (TPSA) is 64.6 Å². The van der Waals surface area contributed by atoms with Crippen LogP contribution in [0.5, 0.6) is 5.75 Å². The van der Waals surface area contributed by atoms with E-state index in [0.717, 1.165) is 35.3 Å². The summed E-state index contributed by atoms with van der Waals surface area (Å²) in [6, 6.07) is 5.27. The van der Waals surface area contributed by atoms with Gasteiger partial charge < -0.3 is 14.8 Å². The summed E-state index contributed by atoms with van der Waals surface area (Å²) in [5, 5.41) is 4.11. The third-order valence-electron chi connectivity index (χ3n) is 6.02. The van der Waals surface area contributed by atoms with E-state index in [1.54, 1.807) is 32.0 Å². The van der Waals surface area contributed by atoms with Crippen LogP contribution in [0.15, 0.2) is 18.2 Å². The van der Waals surface area contributed by atoms with Crippen LogP contribution in [0.2, 0.25) is 5.02 Å². The van der Waals surface area contributed by atoms with Crippen molar-refractivity contribution in [3.8, 4) is 5.75 Å². The number of nitrogens with one attached hydrogen (secondary N) is 1. The van der Waals surface area contributed by atoms with Gasteiger partial charge in [-0.3, -0.25) is 4.79 Å². The van der Waals surface area contributed by atoms with Gasteiger partial charge >= 0.3 is 5.97 Å². The average Bonchev–Trinajstić information content (AvgIpc) is 3.06. The van der Waals surface area contributed by atoms with E-state index < -0.39 is 6.10 Å². The number of carbonyl (C=O) groups is 2. The fourth-order valence-electron chi connectivity index (χ4n) is 4.03. The second-order valence-corrected chi connectivity index (χ2v) is 10.9. The number of hydrogen-bond donors (Lipinski definition) is 1. The van der Waals surface area contributed by atoms with Crippen LogP contribution in [0.3, 0.4) is 0 Å². The van der Waals surface area contributed by atoms with Crippen molar-refractivity contribution in [2.75, 3.05) is 11.9 Å². The summed E-state index contributed by atoms with van der Waals surface area (Å²) in [5.74, 6) is 0.441. The van der Waals surface area contributed by atoms with Gasteiger partial charge in [0.05, 0.1) is 12.2 Å². The number of fused-ring (bicyclic) bond motifs is 1. The second kappa shape index (κ2) is 9.84. The van der Waals surface area contributed by atoms with Gasteiger partial charge in [0.1, 0.15) is 10.8 Å². The van der Waals surface area contributed by atoms with E-state index in [1.807, 2.05) is 6.92 Å². The molecule has 174 valence electrons. The second-order valence-electron chi connectivity index (χ2n) is 9.39. The van der Waals surface area contributed by atoms with E-state index in [-0.39, 0.29) is 23.9 Å². The molecule has 0 fully saturated rings. The number of esters is 1. The van der Waals surface area contributed by atoms with Gasteiger partial charge in [0.25, 0.3) is 5.91 Å². The van der Waals surface area contributed by atoms with Crippen molar-refractivity contribution in [2.45, 2.75) is 66.9 Å². The molecule has 0 spiro atoms. The Morgan fingerprint density at radius 3 is 2.66 bits per heavy atom. The lowest BCUT2D eigenvalue weighted by Crippen LogP contribution is -2.30. The van der Waals surface area contributed by atoms with Crippen LogP contribution in [0.4, 0.5) is 5.00 Å². The summed E-state index contributed by atoms with van der Waals surface area (Å²) < 4.78 is 11.2. The fourth-order valence-corrected chi connectivity index (χ4v) is 5.58. The lowest BCUT2D eigenvalue weighted by molar-refractivity contribution is -0.122. The van der Waals surface area contributed by atoms with E-state index in [4.69, 9.17) is 21.1 Å². The Labute approximate surface area is 199 Å². The molecule has 1 aromatic heterocycles. The standard InChI is InChI=1S/C25H32ClNO4S/c1-7-30-24(29)21-18-10-8-16(25(4,5)6)13-20(18)32-23(21)27-22(28)15(3)31-19-11-9-17(26)12-14(19)2/h9,11-12,15-16H,7-8,10,13H2,1-6H3,(H,27,28). The van der Waals surface area contributed by atoms with Gasteiger partial charge in [-0.2, -0.15) is 0 Å². The first-order chi connectivity index (χ1) is 15.0. The molecule has 1 N–H and O–H groups in total. The molecule has 0 radical (unpaired) electrons. The van der Waals surface area contributed by atoms with Crippen molar-refractivity contribution in [2.24, 2.45) is 11.3 Å². The fraction of sp³-hybridized carbons (Fsp3) is 0.520. The van der Waals surface area contributed by atoms with Gasteiger partial charge in [0.2, 0.25) is 0 Å². The van der Waals surface area contributed by atoms with Gasteiger partial charge in [-0.05, 0) is 80.7 Å². The minimum atomic E-state index is -0.744. The Bertz CT molecular complexity index is 1010. The smallest absolute Gasteiger partial charge is 0.341 e. The van der Waals surface area contributed by atoms with Crippen LogP contribution >= 0.6 is 22.9 Å². The highest BCUT2D eigenvalue weighted by molar-refractivity contribution is 7.17. The van der Waals surface area contributed by atoms with E-state index in [9.17, 15) is 9.59 Å². The number of carbonyl (C=O) groups excluding carboxylic acids is 2. The highest BCUT2D eigenvalue weighted by Crippen LogP contribution is 2.44. The first-order valence-electron chi connectivity index (χ1n) is 11.1. The van der Waals surface area contributed by atoms with Crippen molar-refractivity contribution in [3.63, 3.8) is 0 Å². The highest BCUT2D eigenvalue weighted by atomic mass is 35.5. The van der Waals surface area contributed by atoms with Crippen molar-refractivity contribution in [1.29, 1.82) is 0 Å². The SMILES string of the molecule is CCOC(=O)c1c(NC(=O)C(C)Oc2ccc(Cl)cc2C)sc2c1CCC(C(C)(C)C)C2. The normalized spacial score (nSPS) is 16.8. The quantitative estimate of drug-likeness (QED) is 0.486. The molecular weight excluding hydrogens is 446 g/mol. The Morgan fingerprint density at radius 2 is 2.03 bits per heavy atom. The summed E-state index contributed by atoms with van der Waals surface area (Å²) in [4.78, 5) is 26.9. The Morgan fingerprint density at radius 1 is 1.31 bits per heavy atom. The zero-order valence-corrected chi connectivity index (χ0v) is 21.2. The number of rotatable bonds is 6. The Kier molecular flexibility index (Phi) is 7.56. The first-order valence-corrected chi connectivity index (χ1v) is 12.3. The molecule has 7 heteroatoms. The molecule has 0 aliphatic heterocycles. The summed E-state index contributed by atoms with van der Waals surface area (Å²) >= 11 is 7.49. The lowest BCUT2D eigenvalue weighted by Gasteiger charge is -2.33. The molecule has 2 aromatic rings. The van der Waals surface area contributed by atoms with Crippen LogP contribution in [0.25, 0.3) is 0 Å². The number of halogens is 1. The van der Waals surface area contributed by atoms with Gasteiger partial charge in [-0.15, -0.1) is 11.3 Å². The number of thiophene rings is 1. The van der Waals surface area contributed by atoms with Gasteiger partial charge in [-0.1, -0.05) is 32.4 Å². The van der Waals surface area contributed by atoms with Crippen molar-refractivity contribution in [1.82, 2.24) is 0 Å². The minimum Gasteiger partial charge on any atom is -0.481 e. The first kappa shape index (κ1) is 24.6. The van der Waals surface area contributed by atoms with Gasteiger partial charge in [0, 0.05) is 9.90 Å². The predicted molar refractivity (Wildman–Crippen MR) is 130 cm³/mol. The van der Waals surface area contributed by atoms with Crippen LogP contribution in [-0.2, 0) is 22.4 Å². The van der Waals surface area contributed by atoms with Gasteiger partial charge in [0.15, 0.2) is 6.10 Å². The summed E-state index contributed by atoms with van der Waals surface area (Å²) in [5.41, 5.74) is 2.56. The number of hydrogen-bond acceptors (Lipinski definition) is 5. The molecule has 1 amide bonds. The van der Waals surface area contributed by atoms with Crippen LogP contribution < -0.4 is 10.1 Å². The predicted octanol–water partition coefficient (Wildman–Crippen LogP) is 6.44. The highest BCUT2D eigenvalue weighted by Gasteiger charge is 2.34. The van der Waals surface area contributed by atoms with E-state index >= 15 is 0 Å². The maximum atomic E-state index is 13.0. The molecule has 2 unspecified atom stereocenters. The molecule has 1 aliphatic rings. The largest absolute Gasteiger partial charge is 0.481 e. The minimum absolute atomic E-state index is 0.188. The van der Waals surface area contributed by atoms with Crippen LogP contribution in [-0.4, -0.2) is 24.6 Å². The Hall–Kier alpha value is -2.05. The number of ether oxygens (including phenoxy) is 2. The Balaban J connectivity index is 1.84. The zero-order valence-electron chi connectivity index (χ0n) is 19.6. The monoisotopic (exact) mass is 477 g/mol. The van der Waals surface area contributed by atoms with Crippen molar-refractivity contribution >= 4 is 39.8 Å². The zero-order chi connectivity index (χ0) is 23.6. The molecule has 3 rings (SSSR count). The number of anilines is 1. The van der Waals surface area contributed by atoms with Gasteiger partial charge in [-0.25, -0.2) is 4.79 Å². The molecule has 0 saturated carbocycles. The van der Waals surface area contributed by atoms with E-state index in [1.165, 1.54) is 11.3 Å². The van der Waals surface area contributed by atoms with Crippen LogP contribution in [0, 0.1) is 18.3 Å². The molecule has 0 bridgehead atoms. The molecule has 5 nitrogen and oxygen atoms in total. The third-order valence-corrected chi connectivity index (χ3v) is 7.42. The third kappa shape index (κ3) is 5.46. The number of benzene rings is 1. The number of amides is 1. The molecular formula is C25H32ClNO4S. The summed E-state index contributed by atoms with van der Waals surface area (Å²) in [6.45, 7) is 12.4. The molecule has 32 heavy (non-hydrogen) atoms. The van der Waals surface area contributed by atoms with Crippen molar-refractivity contribution in [3.05, 3.63) is 44.8 Å². The van der Waals surface area contributed by atoms with Crippen LogP contribution in [0.1, 0.15) is 67.4 Å². The molecule has 0 saturated heterocycles. The molecule has 2 atom stereocenters. The molecule has 1 aliphatic carbocycles. The lowest BCUT2D eigenvalue weighted by atomic mass is 9.72. The summed E-state index contributed by atoms with van der Waals surface area (Å²) in [6.07, 6.45) is 1.99. The number of aryl methyl sites for hydroxylation is 1. The maximum Gasteiger partial charge on any atom is 0.341 e. The van der Waals surface area contributed by atoms with E-state index in [2.05, 4.69) is 26.1 Å². The van der Waals surface area contributed by atoms with E-state index in [0.29, 0.717) is 27.3 Å². The average molecular weight is 478 g/mol. The van der Waals surface area contributed by atoms with Crippen molar-refractivity contribution < 1.29 is 19.1 Å². The molecule has 1 aromatic carbocycles. The molecule has 1 heterocycles. The summed E-state index contributed by atoms with van der Waals surface area (Å²) in [7, 11) is 0.